The molecule has 0 unspecified atom stereocenters. The number of amides is 1. The van der Waals surface area contributed by atoms with Crippen molar-refractivity contribution in [2.24, 2.45) is 0 Å². The van der Waals surface area contributed by atoms with Gasteiger partial charge in [-0.3, -0.25) is 4.79 Å². The van der Waals surface area contributed by atoms with Gasteiger partial charge in [0.2, 0.25) is 5.91 Å². The normalized spacial score (nSPS) is 11.4. The minimum atomic E-state index is -0.134. The third-order valence-corrected chi connectivity index (χ3v) is 2.70. The van der Waals surface area contributed by atoms with Crippen LogP contribution in [0.4, 0.5) is 0 Å². The number of rotatable bonds is 5. The van der Waals surface area contributed by atoms with Crippen molar-refractivity contribution in [3.05, 3.63) is 6.33 Å². The summed E-state index contributed by atoms with van der Waals surface area (Å²) in [4.78, 5) is 11.6. The molecule has 0 radical (unpaired) electrons. The first kappa shape index (κ1) is 11.6. The minimum Gasteiger partial charge on any atom is -0.349 e. The van der Waals surface area contributed by atoms with Crippen LogP contribution in [0.25, 0.3) is 0 Å². The van der Waals surface area contributed by atoms with Gasteiger partial charge in [0.1, 0.15) is 12.9 Å². The van der Waals surface area contributed by atoms with E-state index in [-0.39, 0.29) is 18.0 Å². The van der Waals surface area contributed by atoms with Crippen molar-refractivity contribution in [2.75, 3.05) is 0 Å². The number of tetrazole rings is 1. The molecule has 0 aliphatic heterocycles. The molecule has 1 amide bonds. The summed E-state index contributed by atoms with van der Waals surface area (Å²) >= 11 is 0. The summed E-state index contributed by atoms with van der Waals surface area (Å²) in [5.41, 5.74) is -0.134. The van der Waals surface area contributed by atoms with Crippen LogP contribution in [0.1, 0.15) is 33.6 Å². The van der Waals surface area contributed by atoms with Crippen LogP contribution >= 0.6 is 0 Å². The highest BCUT2D eigenvalue weighted by atomic mass is 16.2. The Bertz CT molecular complexity index is 304. The lowest BCUT2D eigenvalue weighted by atomic mass is 9.95. The summed E-state index contributed by atoms with van der Waals surface area (Å²) < 4.78 is 1.40. The van der Waals surface area contributed by atoms with Crippen LogP contribution in [-0.4, -0.2) is 31.7 Å². The maximum Gasteiger partial charge on any atom is 0.242 e. The molecule has 0 fully saturated rings. The average molecular weight is 211 g/mol. The van der Waals surface area contributed by atoms with Crippen LogP contribution in [-0.2, 0) is 11.3 Å². The molecule has 6 nitrogen and oxygen atoms in total. The predicted molar refractivity (Wildman–Crippen MR) is 54.9 cm³/mol. The number of aromatic nitrogens is 4. The largest absolute Gasteiger partial charge is 0.349 e. The van der Waals surface area contributed by atoms with Crippen molar-refractivity contribution in [1.82, 2.24) is 25.5 Å². The van der Waals surface area contributed by atoms with Crippen molar-refractivity contribution in [3.63, 3.8) is 0 Å². The van der Waals surface area contributed by atoms with Gasteiger partial charge in [0, 0.05) is 5.54 Å². The fourth-order valence-corrected chi connectivity index (χ4v) is 1.20. The van der Waals surface area contributed by atoms with E-state index in [4.69, 9.17) is 0 Å². The Kier molecular flexibility index (Phi) is 3.76. The lowest BCUT2D eigenvalue weighted by Gasteiger charge is -2.28. The molecule has 1 aromatic rings. The van der Waals surface area contributed by atoms with Gasteiger partial charge in [0.25, 0.3) is 0 Å². The molecule has 1 N–H and O–H groups in total. The molecule has 0 saturated heterocycles. The van der Waals surface area contributed by atoms with E-state index >= 15 is 0 Å². The average Bonchev–Trinajstić information content (AvgIpc) is 2.70. The highest BCUT2D eigenvalue weighted by Crippen LogP contribution is 2.13. The molecule has 1 heterocycles. The number of carbonyl (C=O) groups is 1. The van der Waals surface area contributed by atoms with Gasteiger partial charge in [0.05, 0.1) is 0 Å². The third-order valence-electron chi connectivity index (χ3n) is 2.70. The number of carbonyl (C=O) groups excluding carboxylic acids is 1. The SMILES string of the molecule is CCC(C)(CC)NC(=O)Cn1cnnn1. The van der Waals surface area contributed by atoms with Crippen molar-refractivity contribution < 1.29 is 4.79 Å². The lowest BCUT2D eigenvalue weighted by Crippen LogP contribution is -2.46. The molecule has 0 bridgehead atoms. The molecule has 1 rings (SSSR count). The van der Waals surface area contributed by atoms with Crippen LogP contribution in [0.3, 0.4) is 0 Å². The van der Waals surface area contributed by atoms with E-state index in [0.29, 0.717) is 0 Å². The first-order chi connectivity index (χ1) is 7.09. The quantitative estimate of drug-likeness (QED) is 0.763. The first-order valence-corrected chi connectivity index (χ1v) is 5.11. The van der Waals surface area contributed by atoms with E-state index < -0.39 is 0 Å². The Morgan fingerprint density at radius 3 is 2.60 bits per heavy atom. The Labute approximate surface area is 89.0 Å². The fourth-order valence-electron chi connectivity index (χ4n) is 1.20. The van der Waals surface area contributed by atoms with E-state index in [1.807, 2.05) is 6.92 Å². The molecular formula is C9H17N5O. The van der Waals surface area contributed by atoms with Gasteiger partial charge in [-0.15, -0.1) is 5.10 Å². The molecule has 0 aromatic carbocycles. The number of hydrogen-bond donors (Lipinski definition) is 1. The van der Waals surface area contributed by atoms with Gasteiger partial charge in [-0.25, -0.2) is 4.68 Å². The zero-order chi connectivity index (χ0) is 11.3. The summed E-state index contributed by atoms with van der Waals surface area (Å²) in [6.07, 6.45) is 3.24. The van der Waals surface area contributed by atoms with Crippen LogP contribution in [0.2, 0.25) is 0 Å². The van der Waals surface area contributed by atoms with E-state index in [0.717, 1.165) is 12.8 Å². The summed E-state index contributed by atoms with van der Waals surface area (Å²) in [5.74, 6) is -0.0616. The highest BCUT2D eigenvalue weighted by Gasteiger charge is 2.21. The molecule has 6 heteroatoms. The smallest absolute Gasteiger partial charge is 0.242 e. The van der Waals surface area contributed by atoms with Crippen molar-refractivity contribution in [1.29, 1.82) is 0 Å². The second kappa shape index (κ2) is 4.86. The number of nitrogens with one attached hydrogen (secondary N) is 1. The molecule has 0 spiro atoms. The van der Waals surface area contributed by atoms with E-state index in [2.05, 4.69) is 34.7 Å². The van der Waals surface area contributed by atoms with Crippen LogP contribution in [0.15, 0.2) is 6.33 Å². The van der Waals surface area contributed by atoms with Gasteiger partial charge < -0.3 is 5.32 Å². The van der Waals surface area contributed by atoms with Crippen molar-refractivity contribution >= 4 is 5.91 Å². The Balaban J connectivity index is 2.49. The molecule has 15 heavy (non-hydrogen) atoms. The minimum absolute atomic E-state index is 0.0616. The molecular weight excluding hydrogens is 194 g/mol. The lowest BCUT2D eigenvalue weighted by molar-refractivity contribution is -0.123. The number of hydrogen-bond acceptors (Lipinski definition) is 4. The molecule has 0 atom stereocenters. The molecule has 84 valence electrons. The van der Waals surface area contributed by atoms with Crippen LogP contribution < -0.4 is 5.32 Å². The Morgan fingerprint density at radius 1 is 1.47 bits per heavy atom. The summed E-state index contributed by atoms with van der Waals surface area (Å²) in [5, 5.41) is 13.5. The predicted octanol–water partition coefficient (Wildman–Crippen LogP) is 0.368. The standard InChI is InChI=1S/C9H17N5O/c1-4-9(3,5-2)11-8(15)6-14-7-10-12-13-14/h7H,4-6H2,1-3H3,(H,11,15). The van der Waals surface area contributed by atoms with Crippen LogP contribution in [0, 0.1) is 0 Å². The molecule has 0 saturated carbocycles. The Hall–Kier alpha value is -1.46. The topological polar surface area (TPSA) is 72.7 Å². The molecule has 1 aromatic heterocycles. The van der Waals surface area contributed by atoms with Crippen LogP contribution in [0.5, 0.6) is 0 Å². The van der Waals surface area contributed by atoms with E-state index in [1.165, 1.54) is 11.0 Å². The summed E-state index contributed by atoms with van der Waals surface area (Å²) in [6, 6.07) is 0. The third kappa shape index (κ3) is 3.30. The van der Waals surface area contributed by atoms with Gasteiger partial charge in [-0.05, 0) is 30.2 Å². The van der Waals surface area contributed by atoms with Crippen molar-refractivity contribution in [3.8, 4) is 0 Å². The second-order valence-electron chi connectivity index (χ2n) is 3.82. The molecule has 0 aliphatic rings. The van der Waals surface area contributed by atoms with Crippen molar-refractivity contribution in [2.45, 2.75) is 45.7 Å². The number of nitrogens with zero attached hydrogens (tertiary/aromatic N) is 4. The zero-order valence-corrected chi connectivity index (χ0v) is 9.40. The molecule has 0 aliphatic carbocycles. The monoisotopic (exact) mass is 211 g/mol. The maximum absolute atomic E-state index is 11.6. The van der Waals surface area contributed by atoms with E-state index in [9.17, 15) is 4.79 Å². The van der Waals surface area contributed by atoms with E-state index in [1.54, 1.807) is 0 Å². The zero-order valence-electron chi connectivity index (χ0n) is 9.40. The van der Waals surface area contributed by atoms with Gasteiger partial charge in [0.15, 0.2) is 0 Å². The summed E-state index contributed by atoms with van der Waals surface area (Å²) in [7, 11) is 0. The van der Waals surface area contributed by atoms with Gasteiger partial charge in [-0.2, -0.15) is 0 Å². The Morgan fingerprint density at radius 2 is 2.13 bits per heavy atom. The first-order valence-electron chi connectivity index (χ1n) is 5.11. The van der Waals surface area contributed by atoms with Gasteiger partial charge in [-0.1, -0.05) is 13.8 Å². The van der Waals surface area contributed by atoms with Gasteiger partial charge >= 0.3 is 0 Å². The fraction of sp³-hybridized carbons (Fsp3) is 0.778. The maximum atomic E-state index is 11.6. The highest BCUT2D eigenvalue weighted by molar-refractivity contribution is 5.76. The summed E-state index contributed by atoms with van der Waals surface area (Å²) in [6.45, 7) is 6.31. The second-order valence-corrected chi connectivity index (χ2v) is 3.82.